The van der Waals surface area contributed by atoms with Crippen LogP contribution in [-0.4, -0.2) is 25.3 Å². The normalized spacial score (nSPS) is 19.1. The highest BCUT2D eigenvalue weighted by atomic mass is 16.5. The highest BCUT2D eigenvalue weighted by Crippen LogP contribution is 2.37. The average molecular weight is 275 g/mol. The first-order valence-corrected chi connectivity index (χ1v) is 8.13. The maximum atomic E-state index is 5.98. The molecule has 1 aliphatic carbocycles. The first-order valence-electron chi connectivity index (χ1n) is 8.13. The molecule has 20 heavy (non-hydrogen) atoms. The van der Waals surface area contributed by atoms with Crippen molar-refractivity contribution >= 4 is 0 Å². The standard InChI is InChI=1S/C18H29NO/c1-3-15-19-17(18(20-2)13-7-8-14-18)12-11-16-9-5-4-6-10-16/h4-6,9-10,17,19H,3,7-8,11-15H2,1-2H3. The van der Waals surface area contributed by atoms with Gasteiger partial charge in [-0.05, 0) is 44.2 Å². The Morgan fingerprint density at radius 2 is 1.90 bits per heavy atom. The lowest BCUT2D eigenvalue weighted by atomic mass is 9.87. The van der Waals surface area contributed by atoms with Gasteiger partial charge in [-0.2, -0.15) is 0 Å². The summed E-state index contributed by atoms with van der Waals surface area (Å²) in [5.74, 6) is 0. The van der Waals surface area contributed by atoms with Gasteiger partial charge in [-0.3, -0.25) is 0 Å². The van der Waals surface area contributed by atoms with Gasteiger partial charge in [-0.15, -0.1) is 0 Å². The number of hydrogen-bond acceptors (Lipinski definition) is 2. The molecule has 1 N–H and O–H groups in total. The van der Waals surface area contributed by atoms with Crippen LogP contribution in [0.15, 0.2) is 30.3 Å². The molecule has 0 radical (unpaired) electrons. The first kappa shape index (κ1) is 15.5. The predicted octanol–water partition coefficient (Wildman–Crippen LogP) is 3.95. The summed E-state index contributed by atoms with van der Waals surface area (Å²) in [4.78, 5) is 0. The van der Waals surface area contributed by atoms with Crippen molar-refractivity contribution in [1.82, 2.24) is 5.32 Å². The maximum Gasteiger partial charge on any atom is 0.0831 e. The smallest absolute Gasteiger partial charge is 0.0831 e. The summed E-state index contributed by atoms with van der Waals surface area (Å²) in [5, 5.41) is 3.75. The van der Waals surface area contributed by atoms with Crippen molar-refractivity contribution in [2.24, 2.45) is 0 Å². The zero-order chi connectivity index (χ0) is 14.3. The third kappa shape index (κ3) is 3.83. The fraction of sp³-hybridized carbons (Fsp3) is 0.667. The Labute approximate surface area is 123 Å². The van der Waals surface area contributed by atoms with Crippen molar-refractivity contribution in [3.05, 3.63) is 35.9 Å². The summed E-state index contributed by atoms with van der Waals surface area (Å²) in [6, 6.07) is 11.3. The van der Waals surface area contributed by atoms with Gasteiger partial charge < -0.3 is 10.1 Å². The van der Waals surface area contributed by atoms with Crippen LogP contribution in [0.1, 0.15) is 51.0 Å². The molecule has 0 aromatic heterocycles. The molecule has 0 bridgehead atoms. The minimum Gasteiger partial charge on any atom is -0.377 e. The van der Waals surface area contributed by atoms with E-state index in [9.17, 15) is 0 Å². The van der Waals surface area contributed by atoms with Gasteiger partial charge >= 0.3 is 0 Å². The molecule has 1 atom stereocenters. The Bertz CT molecular complexity index is 370. The van der Waals surface area contributed by atoms with E-state index in [0.29, 0.717) is 6.04 Å². The number of aryl methyl sites for hydroxylation is 1. The molecule has 0 aliphatic heterocycles. The van der Waals surface area contributed by atoms with Crippen molar-refractivity contribution < 1.29 is 4.74 Å². The van der Waals surface area contributed by atoms with Gasteiger partial charge in [-0.25, -0.2) is 0 Å². The third-order valence-electron chi connectivity index (χ3n) is 4.70. The number of nitrogens with one attached hydrogen (secondary N) is 1. The Balaban J connectivity index is 1.99. The molecule has 0 amide bonds. The second-order valence-corrected chi connectivity index (χ2v) is 6.01. The van der Waals surface area contributed by atoms with Gasteiger partial charge in [0.25, 0.3) is 0 Å². The van der Waals surface area contributed by atoms with Crippen LogP contribution >= 0.6 is 0 Å². The summed E-state index contributed by atoms with van der Waals surface area (Å²) >= 11 is 0. The molecule has 1 aromatic carbocycles. The molecule has 1 unspecified atom stereocenters. The summed E-state index contributed by atoms with van der Waals surface area (Å²) in [6.45, 7) is 3.32. The second-order valence-electron chi connectivity index (χ2n) is 6.01. The molecule has 2 rings (SSSR count). The minimum absolute atomic E-state index is 0.0734. The molecule has 1 saturated carbocycles. The second kappa shape index (κ2) is 7.80. The number of ether oxygens (including phenoxy) is 1. The lowest BCUT2D eigenvalue weighted by Gasteiger charge is -2.37. The monoisotopic (exact) mass is 275 g/mol. The quantitative estimate of drug-likeness (QED) is 0.775. The van der Waals surface area contributed by atoms with Crippen LogP contribution in [0, 0.1) is 0 Å². The molecule has 2 nitrogen and oxygen atoms in total. The SMILES string of the molecule is CCCNC(CCc1ccccc1)C1(OC)CCCC1. The van der Waals surface area contributed by atoms with Crippen molar-refractivity contribution in [2.75, 3.05) is 13.7 Å². The lowest BCUT2D eigenvalue weighted by molar-refractivity contribution is -0.0376. The van der Waals surface area contributed by atoms with E-state index in [1.54, 1.807) is 0 Å². The fourth-order valence-corrected chi connectivity index (χ4v) is 3.49. The van der Waals surface area contributed by atoms with E-state index >= 15 is 0 Å². The van der Waals surface area contributed by atoms with Crippen LogP contribution in [0.4, 0.5) is 0 Å². The Hall–Kier alpha value is -0.860. The molecule has 0 heterocycles. The van der Waals surface area contributed by atoms with Gasteiger partial charge in [-0.1, -0.05) is 50.1 Å². The van der Waals surface area contributed by atoms with Gasteiger partial charge in [0.2, 0.25) is 0 Å². The topological polar surface area (TPSA) is 21.3 Å². The summed E-state index contributed by atoms with van der Waals surface area (Å²) in [6.07, 6.45) is 8.51. The highest BCUT2D eigenvalue weighted by Gasteiger charge is 2.40. The predicted molar refractivity (Wildman–Crippen MR) is 85.1 cm³/mol. The van der Waals surface area contributed by atoms with E-state index in [1.807, 2.05) is 7.11 Å². The average Bonchev–Trinajstić information content (AvgIpc) is 2.98. The van der Waals surface area contributed by atoms with E-state index in [4.69, 9.17) is 4.74 Å². The van der Waals surface area contributed by atoms with Gasteiger partial charge in [0, 0.05) is 13.2 Å². The van der Waals surface area contributed by atoms with Crippen molar-refractivity contribution in [3.8, 4) is 0 Å². The van der Waals surface area contributed by atoms with Gasteiger partial charge in [0.1, 0.15) is 0 Å². The molecular formula is C18H29NO. The largest absolute Gasteiger partial charge is 0.377 e. The van der Waals surface area contributed by atoms with E-state index in [1.165, 1.54) is 37.7 Å². The summed E-state index contributed by atoms with van der Waals surface area (Å²) in [5.41, 5.74) is 1.50. The zero-order valence-electron chi connectivity index (χ0n) is 13.0. The van der Waals surface area contributed by atoms with Crippen LogP contribution < -0.4 is 5.32 Å². The van der Waals surface area contributed by atoms with E-state index in [-0.39, 0.29) is 5.60 Å². The van der Waals surface area contributed by atoms with Crippen LogP contribution in [0.2, 0.25) is 0 Å². The maximum absolute atomic E-state index is 5.98. The molecule has 1 aromatic rings. The van der Waals surface area contributed by atoms with E-state index in [2.05, 4.69) is 42.6 Å². The van der Waals surface area contributed by atoms with Crippen molar-refractivity contribution in [1.29, 1.82) is 0 Å². The molecule has 1 fully saturated rings. The van der Waals surface area contributed by atoms with Crippen LogP contribution in [0.5, 0.6) is 0 Å². The molecule has 1 aliphatic rings. The number of benzene rings is 1. The van der Waals surface area contributed by atoms with E-state index < -0.39 is 0 Å². The molecule has 0 saturated heterocycles. The molecule has 112 valence electrons. The molecular weight excluding hydrogens is 246 g/mol. The van der Waals surface area contributed by atoms with Crippen molar-refractivity contribution in [3.63, 3.8) is 0 Å². The number of hydrogen-bond donors (Lipinski definition) is 1. The Kier molecular flexibility index (Phi) is 6.06. The third-order valence-corrected chi connectivity index (χ3v) is 4.70. The Morgan fingerprint density at radius 1 is 1.20 bits per heavy atom. The zero-order valence-corrected chi connectivity index (χ0v) is 13.0. The lowest BCUT2D eigenvalue weighted by Crippen LogP contribution is -2.51. The van der Waals surface area contributed by atoms with Crippen LogP contribution in [-0.2, 0) is 11.2 Å². The van der Waals surface area contributed by atoms with Gasteiger partial charge in [0.15, 0.2) is 0 Å². The Morgan fingerprint density at radius 3 is 2.50 bits per heavy atom. The first-order chi connectivity index (χ1) is 9.80. The summed E-state index contributed by atoms with van der Waals surface area (Å²) in [7, 11) is 1.90. The highest BCUT2D eigenvalue weighted by molar-refractivity contribution is 5.15. The molecule has 0 spiro atoms. The van der Waals surface area contributed by atoms with Crippen molar-refractivity contribution in [2.45, 2.75) is 63.5 Å². The van der Waals surface area contributed by atoms with Crippen LogP contribution in [0.25, 0.3) is 0 Å². The number of rotatable bonds is 8. The van der Waals surface area contributed by atoms with Crippen LogP contribution in [0.3, 0.4) is 0 Å². The fourth-order valence-electron chi connectivity index (χ4n) is 3.49. The molecule has 2 heteroatoms. The minimum atomic E-state index is 0.0734. The van der Waals surface area contributed by atoms with E-state index in [0.717, 1.165) is 19.4 Å². The number of methoxy groups -OCH3 is 1. The van der Waals surface area contributed by atoms with Gasteiger partial charge in [0.05, 0.1) is 5.60 Å². The summed E-state index contributed by atoms with van der Waals surface area (Å²) < 4.78 is 5.98.